The maximum absolute atomic E-state index is 13.6. The Morgan fingerprint density at radius 3 is 2.88 bits per heavy atom. The maximum Gasteiger partial charge on any atom is 0.272 e. The minimum absolute atomic E-state index is 0.0438. The third kappa shape index (κ3) is 3.26. The molecule has 0 fully saturated rings. The summed E-state index contributed by atoms with van der Waals surface area (Å²) < 4.78 is 15.4. The lowest BCUT2D eigenvalue weighted by atomic mass is 10.1. The molecular formula is C16H13ClFN5O. The van der Waals surface area contributed by atoms with Crippen LogP contribution in [-0.4, -0.2) is 25.4 Å². The van der Waals surface area contributed by atoms with Crippen molar-refractivity contribution in [1.82, 2.24) is 24.8 Å². The van der Waals surface area contributed by atoms with Crippen LogP contribution in [0, 0.1) is 5.82 Å². The zero-order chi connectivity index (χ0) is 17.1. The molecule has 0 saturated carbocycles. The van der Waals surface area contributed by atoms with Crippen LogP contribution in [0.25, 0.3) is 0 Å². The van der Waals surface area contributed by atoms with Crippen molar-refractivity contribution in [2.75, 3.05) is 0 Å². The van der Waals surface area contributed by atoms with Crippen molar-refractivity contribution in [1.29, 1.82) is 0 Å². The van der Waals surface area contributed by atoms with Gasteiger partial charge in [0.05, 0.1) is 5.02 Å². The van der Waals surface area contributed by atoms with Crippen molar-refractivity contribution in [3.8, 4) is 0 Å². The van der Waals surface area contributed by atoms with E-state index < -0.39 is 17.8 Å². The fourth-order valence-corrected chi connectivity index (χ4v) is 2.51. The highest BCUT2D eigenvalue weighted by molar-refractivity contribution is 6.33. The number of hydrogen-bond acceptors (Lipinski definition) is 4. The normalized spacial score (nSPS) is 12.0. The minimum atomic E-state index is -0.653. The molecule has 24 heavy (non-hydrogen) atoms. The van der Waals surface area contributed by atoms with E-state index in [1.165, 1.54) is 24.7 Å². The summed E-state index contributed by atoms with van der Waals surface area (Å²) in [5.41, 5.74) is 0.602. The van der Waals surface area contributed by atoms with Gasteiger partial charge in [-0.15, -0.1) is 0 Å². The first kappa shape index (κ1) is 16.1. The van der Waals surface area contributed by atoms with E-state index in [-0.39, 0.29) is 10.7 Å². The van der Waals surface area contributed by atoms with E-state index in [9.17, 15) is 9.18 Å². The largest absolute Gasteiger partial charge is 0.337 e. The molecular weight excluding hydrogens is 333 g/mol. The van der Waals surface area contributed by atoms with E-state index in [0.717, 1.165) is 0 Å². The van der Waals surface area contributed by atoms with Crippen LogP contribution in [0.1, 0.15) is 27.9 Å². The van der Waals surface area contributed by atoms with Gasteiger partial charge in [0.1, 0.15) is 29.7 Å². The summed E-state index contributed by atoms with van der Waals surface area (Å²) in [4.78, 5) is 24.4. The summed E-state index contributed by atoms with van der Waals surface area (Å²) in [5.74, 6) is -0.347. The number of nitrogens with zero attached hydrogens (tertiary/aromatic N) is 4. The van der Waals surface area contributed by atoms with Crippen molar-refractivity contribution in [2.45, 2.75) is 6.04 Å². The predicted octanol–water partition coefficient (Wildman–Crippen LogP) is 2.52. The lowest BCUT2D eigenvalue weighted by molar-refractivity contribution is 0.0936. The second kappa shape index (κ2) is 6.76. The first-order valence-corrected chi connectivity index (χ1v) is 7.43. The van der Waals surface area contributed by atoms with E-state index in [1.807, 2.05) is 0 Å². The highest BCUT2D eigenvalue weighted by atomic mass is 35.5. The molecule has 2 aromatic heterocycles. The first-order valence-electron chi connectivity index (χ1n) is 7.05. The summed E-state index contributed by atoms with van der Waals surface area (Å²) in [7, 11) is 1.79. The van der Waals surface area contributed by atoms with Gasteiger partial charge in [-0.3, -0.25) is 4.79 Å². The number of rotatable bonds is 4. The average molecular weight is 346 g/mol. The standard InChI is InChI=1S/C16H13ClFN5O/c1-23-6-5-20-15(23)13(10-3-2-4-11(18)7-10)22-16(24)14-12(17)8-19-9-21-14/h2-9,13H,1H3,(H,22,24). The van der Waals surface area contributed by atoms with Crippen molar-refractivity contribution in [3.63, 3.8) is 0 Å². The second-order valence-electron chi connectivity index (χ2n) is 5.08. The van der Waals surface area contributed by atoms with Gasteiger partial charge in [-0.05, 0) is 17.7 Å². The van der Waals surface area contributed by atoms with Crippen LogP contribution >= 0.6 is 11.6 Å². The average Bonchev–Trinajstić information content (AvgIpc) is 2.98. The van der Waals surface area contributed by atoms with Crippen LogP contribution in [0.4, 0.5) is 4.39 Å². The fraction of sp³-hybridized carbons (Fsp3) is 0.125. The molecule has 0 aliphatic heterocycles. The molecule has 1 amide bonds. The van der Waals surface area contributed by atoms with Gasteiger partial charge < -0.3 is 9.88 Å². The lowest BCUT2D eigenvalue weighted by Gasteiger charge is -2.19. The van der Waals surface area contributed by atoms with Crippen LogP contribution in [0.3, 0.4) is 0 Å². The Bertz CT molecular complexity index is 882. The van der Waals surface area contributed by atoms with Crippen LogP contribution < -0.4 is 5.32 Å². The molecule has 2 heterocycles. The highest BCUT2D eigenvalue weighted by Gasteiger charge is 2.23. The number of aromatic nitrogens is 4. The molecule has 3 aromatic rings. The smallest absolute Gasteiger partial charge is 0.272 e. The van der Waals surface area contributed by atoms with Crippen molar-refractivity contribution >= 4 is 17.5 Å². The van der Waals surface area contributed by atoms with Crippen molar-refractivity contribution in [2.24, 2.45) is 7.05 Å². The summed E-state index contributed by atoms with van der Waals surface area (Å²) in [6.45, 7) is 0. The van der Waals surface area contributed by atoms with Gasteiger partial charge in [0.15, 0.2) is 0 Å². The quantitative estimate of drug-likeness (QED) is 0.788. The number of imidazole rings is 1. The molecule has 8 heteroatoms. The summed E-state index contributed by atoms with van der Waals surface area (Å²) >= 11 is 5.96. The molecule has 122 valence electrons. The minimum Gasteiger partial charge on any atom is -0.337 e. The number of carbonyl (C=O) groups is 1. The number of benzene rings is 1. The Morgan fingerprint density at radius 1 is 1.38 bits per heavy atom. The van der Waals surface area contributed by atoms with Gasteiger partial charge in [0.2, 0.25) is 0 Å². The fourth-order valence-electron chi connectivity index (χ4n) is 2.32. The molecule has 1 N–H and O–H groups in total. The zero-order valence-electron chi connectivity index (χ0n) is 12.6. The Balaban J connectivity index is 1.98. The third-order valence-corrected chi connectivity index (χ3v) is 3.73. The summed E-state index contributed by atoms with van der Waals surface area (Å²) in [6.07, 6.45) is 5.91. The van der Waals surface area contributed by atoms with Crippen LogP contribution in [0.15, 0.2) is 49.2 Å². The molecule has 0 aliphatic carbocycles. The number of amides is 1. The van der Waals surface area contributed by atoms with Crippen LogP contribution in [0.2, 0.25) is 5.02 Å². The first-order chi connectivity index (χ1) is 11.6. The lowest BCUT2D eigenvalue weighted by Crippen LogP contribution is -2.32. The molecule has 1 atom stereocenters. The summed E-state index contributed by atoms with van der Waals surface area (Å²) in [5, 5.41) is 2.93. The van der Waals surface area contributed by atoms with E-state index >= 15 is 0 Å². The van der Waals surface area contributed by atoms with Gasteiger partial charge in [-0.25, -0.2) is 19.3 Å². The molecule has 1 aromatic carbocycles. The Morgan fingerprint density at radius 2 is 2.21 bits per heavy atom. The predicted molar refractivity (Wildman–Crippen MR) is 86.0 cm³/mol. The van der Waals surface area contributed by atoms with Gasteiger partial charge in [-0.1, -0.05) is 23.7 Å². The van der Waals surface area contributed by atoms with Gasteiger partial charge >= 0.3 is 0 Å². The van der Waals surface area contributed by atoms with Gasteiger partial charge in [0.25, 0.3) is 5.91 Å². The number of nitrogens with one attached hydrogen (secondary N) is 1. The van der Waals surface area contributed by atoms with E-state index in [2.05, 4.69) is 20.3 Å². The van der Waals surface area contributed by atoms with Gasteiger partial charge in [0, 0.05) is 25.6 Å². The summed E-state index contributed by atoms with van der Waals surface area (Å²) in [6, 6.07) is 5.32. The van der Waals surface area contributed by atoms with Crippen LogP contribution in [-0.2, 0) is 7.05 Å². The van der Waals surface area contributed by atoms with Crippen molar-refractivity contribution in [3.05, 3.63) is 77.1 Å². The number of hydrogen-bond donors (Lipinski definition) is 1. The number of carbonyl (C=O) groups excluding carboxylic acids is 1. The maximum atomic E-state index is 13.6. The SMILES string of the molecule is Cn1ccnc1C(NC(=O)c1ncncc1Cl)c1cccc(F)c1. The Kier molecular flexibility index (Phi) is 4.52. The number of halogens is 2. The molecule has 0 saturated heterocycles. The topological polar surface area (TPSA) is 72.7 Å². The third-order valence-electron chi connectivity index (χ3n) is 3.46. The molecule has 3 rings (SSSR count). The van der Waals surface area contributed by atoms with Crippen LogP contribution in [0.5, 0.6) is 0 Å². The molecule has 0 bridgehead atoms. The Labute approximate surface area is 142 Å². The van der Waals surface area contributed by atoms with E-state index in [1.54, 1.807) is 36.1 Å². The monoisotopic (exact) mass is 345 g/mol. The molecule has 0 radical (unpaired) electrons. The Hall–Kier alpha value is -2.80. The van der Waals surface area contributed by atoms with E-state index in [4.69, 9.17) is 11.6 Å². The zero-order valence-corrected chi connectivity index (χ0v) is 13.4. The van der Waals surface area contributed by atoms with Gasteiger partial charge in [-0.2, -0.15) is 0 Å². The van der Waals surface area contributed by atoms with E-state index in [0.29, 0.717) is 11.4 Å². The highest BCUT2D eigenvalue weighted by Crippen LogP contribution is 2.22. The molecule has 0 spiro atoms. The van der Waals surface area contributed by atoms with Crippen molar-refractivity contribution < 1.29 is 9.18 Å². The second-order valence-corrected chi connectivity index (χ2v) is 5.48. The number of aryl methyl sites for hydroxylation is 1. The molecule has 1 unspecified atom stereocenters. The molecule has 0 aliphatic rings. The molecule has 6 nitrogen and oxygen atoms in total.